The fourth-order valence-electron chi connectivity index (χ4n) is 1.02. The van der Waals surface area contributed by atoms with E-state index in [-0.39, 0.29) is 5.17 Å². The maximum absolute atomic E-state index is 8.46. The van der Waals surface area contributed by atoms with Gasteiger partial charge in [0.25, 0.3) is 0 Å². The minimum Gasteiger partial charge on any atom is -0.493 e. The summed E-state index contributed by atoms with van der Waals surface area (Å²) in [6, 6.07) is 4.98. The van der Waals surface area contributed by atoms with E-state index in [1.807, 2.05) is 0 Å². The molecule has 0 fully saturated rings. The molecule has 0 aliphatic heterocycles. The molecule has 0 saturated carbocycles. The summed E-state index contributed by atoms with van der Waals surface area (Å²) in [6.07, 6.45) is 0. The van der Waals surface area contributed by atoms with Gasteiger partial charge in [0, 0.05) is 5.56 Å². The fraction of sp³-hybridized carbons (Fsp3) is 0.222. The average molecular weight is 216 g/mol. The van der Waals surface area contributed by atoms with E-state index in [2.05, 4.69) is 5.16 Å². The second-order valence-corrected chi connectivity index (χ2v) is 2.82. The number of hydrogen-bond donors (Lipinski definition) is 1. The third kappa shape index (κ3) is 2.09. The number of ether oxygens (including phenoxy) is 2. The number of halogens is 1. The van der Waals surface area contributed by atoms with E-state index in [1.54, 1.807) is 25.3 Å². The Morgan fingerprint density at radius 2 is 1.93 bits per heavy atom. The molecule has 0 amide bonds. The smallest absolute Gasteiger partial charge is 0.175 e. The van der Waals surface area contributed by atoms with Crippen molar-refractivity contribution in [1.82, 2.24) is 0 Å². The molecule has 0 bridgehead atoms. The molecule has 0 unspecified atom stereocenters. The monoisotopic (exact) mass is 215 g/mol. The summed E-state index contributed by atoms with van der Waals surface area (Å²) in [5, 5.41) is 11.3. The van der Waals surface area contributed by atoms with Crippen molar-refractivity contribution in [2.75, 3.05) is 14.2 Å². The van der Waals surface area contributed by atoms with Crippen molar-refractivity contribution in [2.24, 2.45) is 5.16 Å². The largest absolute Gasteiger partial charge is 0.493 e. The first kappa shape index (κ1) is 10.7. The number of nitrogens with zero attached hydrogens (tertiary/aromatic N) is 1. The van der Waals surface area contributed by atoms with Crippen molar-refractivity contribution >= 4 is 16.8 Å². The molecule has 1 aromatic rings. The van der Waals surface area contributed by atoms with E-state index >= 15 is 0 Å². The Kier molecular flexibility index (Phi) is 3.59. The number of hydrogen-bond acceptors (Lipinski definition) is 4. The normalized spacial score (nSPS) is 11.2. The molecule has 0 heterocycles. The van der Waals surface area contributed by atoms with Gasteiger partial charge in [0.1, 0.15) is 0 Å². The van der Waals surface area contributed by atoms with Crippen LogP contribution < -0.4 is 9.47 Å². The maximum atomic E-state index is 8.46. The van der Waals surface area contributed by atoms with E-state index in [0.717, 1.165) is 0 Å². The minimum absolute atomic E-state index is 0.00551. The summed E-state index contributed by atoms with van der Waals surface area (Å²) >= 11 is 5.62. The topological polar surface area (TPSA) is 51.0 Å². The zero-order valence-corrected chi connectivity index (χ0v) is 8.58. The number of oxime groups is 1. The van der Waals surface area contributed by atoms with Crippen molar-refractivity contribution in [1.29, 1.82) is 0 Å². The standard InChI is InChI=1S/C9H10ClNO3/c1-13-7-4-3-6(9(10)11-12)5-8(7)14-2/h3-5,12H,1-2H3/b11-9+. The molecule has 1 N–H and O–H groups in total. The SMILES string of the molecule is COc1ccc(/C(Cl)=N\O)cc1OC. The van der Waals surface area contributed by atoms with Gasteiger partial charge in [0.2, 0.25) is 0 Å². The first-order valence-corrected chi connectivity index (χ1v) is 4.20. The minimum atomic E-state index is 0.00551. The Balaban J connectivity index is 3.14. The molecule has 5 heteroatoms. The van der Waals surface area contributed by atoms with Crippen molar-refractivity contribution < 1.29 is 14.7 Å². The van der Waals surface area contributed by atoms with Gasteiger partial charge in [-0.1, -0.05) is 16.8 Å². The molecule has 0 aliphatic carbocycles. The Labute approximate surface area is 86.7 Å². The Morgan fingerprint density at radius 3 is 2.43 bits per heavy atom. The van der Waals surface area contributed by atoms with Gasteiger partial charge in [-0.3, -0.25) is 0 Å². The van der Waals surface area contributed by atoms with Crippen LogP contribution in [-0.2, 0) is 0 Å². The van der Waals surface area contributed by atoms with E-state index in [1.165, 1.54) is 7.11 Å². The molecule has 1 aromatic carbocycles. The highest BCUT2D eigenvalue weighted by molar-refractivity contribution is 6.69. The van der Waals surface area contributed by atoms with Gasteiger partial charge in [0.05, 0.1) is 14.2 Å². The Morgan fingerprint density at radius 1 is 1.29 bits per heavy atom. The molecular formula is C9H10ClNO3. The van der Waals surface area contributed by atoms with Crippen LogP contribution in [0.3, 0.4) is 0 Å². The lowest BCUT2D eigenvalue weighted by Gasteiger charge is -2.07. The summed E-state index contributed by atoms with van der Waals surface area (Å²) < 4.78 is 10.1. The van der Waals surface area contributed by atoms with E-state index < -0.39 is 0 Å². The summed E-state index contributed by atoms with van der Waals surface area (Å²) in [4.78, 5) is 0. The van der Waals surface area contributed by atoms with E-state index in [4.69, 9.17) is 26.3 Å². The first-order valence-electron chi connectivity index (χ1n) is 3.83. The lowest BCUT2D eigenvalue weighted by molar-refractivity contribution is 0.320. The van der Waals surface area contributed by atoms with E-state index in [9.17, 15) is 0 Å². The number of rotatable bonds is 3. The zero-order valence-electron chi connectivity index (χ0n) is 7.82. The highest BCUT2D eigenvalue weighted by Crippen LogP contribution is 2.28. The van der Waals surface area contributed by atoms with Crippen LogP contribution >= 0.6 is 11.6 Å². The van der Waals surface area contributed by atoms with Gasteiger partial charge in [0.15, 0.2) is 16.7 Å². The predicted octanol–water partition coefficient (Wildman–Crippen LogP) is 2.08. The molecule has 4 nitrogen and oxygen atoms in total. The van der Waals surface area contributed by atoms with E-state index in [0.29, 0.717) is 17.1 Å². The fourth-order valence-corrected chi connectivity index (χ4v) is 1.14. The first-order chi connectivity index (χ1) is 6.72. The molecule has 76 valence electrons. The highest BCUT2D eigenvalue weighted by Gasteiger charge is 2.07. The summed E-state index contributed by atoms with van der Waals surface area (Å²) in [7, 11) is 3.06. The predicted molar refractivity (Wildman–Crippen MR) is 53.7 cm³/mol. The number of methoxy groups -OCH3 is 2. The van der Waals surface area contributed by atoms with Crippen LogP contribution in [0.2, 0.25) is 0 Å². The lowest BCUT2D eigenvalue weighted by atomic mass is 10.2. The quantitative estimate of drug-likeness (QED) is 0.477. The molecule has 0 atom stereocenters. The summed E-state index contributed by atoms with van der Waals surface area (Å²) in [6.45, 7) is 0. The van der Waals surface area contributed by atoms with Crippen molar-refractivity contribution in [3.05, 3.63) is 23.8 Å². The van der Waals surface area contributed by atoms with Crippen molar-refractivity contribution in [2.45, 2.75) is 0 Å². The summed E-state index contributed by atoms with van der Waals surface area (Å²) in [5.74, 6) is 1.13. The maximum Gasteiger partial charge on any atom is 0.175 e. The van der Waals surface area contributed by atoms with Gasteiger partial charge in [-0.25, -0.2) is 0 Å². The van der Waals surface area contributed by atoms with Crippen LogP contribution in [0.1, 0.15) is 5.56 Å². The lowest BCUT2D eigenvalue weighted by Crippen LogP contribution is -1.95. The molecular weight excluding hydrogens is 206 g/mol. The second-order valence-electron chi connectivity index (χ2n) is 2.46. The van der Waals surface area contributed by atoms with Gasteiger partial charge < -0.3 is 14.7 Å². The van der Waals surface area contributed by atoms with Gasteiger partial charge in [-0.05, 0) is 18.2 Å². The van der Waals surface area contributed by atoms with Crippen LogP contribution in [0.15, 0.2) is 23.4 Å². The Bertz CT molecular complexity index is 352. The molecule has 0 aromatic heterocycles. The van der Waals surface area contributed by atoms with Crippen LogP contribution in [0, 0.1) is 0 Å². The second kappa shape index (κ2) is 4.72. The van der Waals surface area contributed by atoms with Crippen LogP contribution in [0.5, 0.6) is 11.5 Å². The summed E-state index contributed by atoms with van der Waals surface area (Å²) in [5.41, 5.74) is 0.562. The van der Waals surface area contributed by atoms with Gasteiger partial charge >= 0.3 is 0 Å². The molecule has 0 saturated heterocycles. The van der Waals surface area contributed by atoms with Crippen molar-refractivity contribution in [3.8, 4) is 11.5 Å². The third-order valence-electron chi connectivity index (χ3n) is 1.71. The molecule has 0 aliphatic rings. The zero-order chi connectivity index (χ0) is 10.6. The average Bonchev–Trinajstić information content (AvgIpc) is 2.26. The highest BCUT2D eigenvalue weighted by atomic mass is 35.5. The third-order valence-corrected chi connectivity index (χ3v) is 2.00. The molecule has 1 rings (SSSR count). The van der Waals surface area contributed by atoms with Crippen LogP contribution in [0.4, 0.5) is 0 Å². The molecule has 14 heavy (non-hydrogen) atoms. The molecule has 0 radical (unpaired) electrons. The Hall–Kier alpha value is -1.42. The van der Waals surface area contributed by atoms with Gasteiger partial charge in [-0.15, -0.1) is 0 Å². The molecule has 0 spiro atoms. The van der Waals surface area contributed by atoms with Crippen LogP contribution in [-0.4, -0.2) is 24.6 Å². The van der Waals surface area contributed by atoms with Gasteiger partial charge in [-0.2, -0.15) is 0 Å². The van der Waals surface area contributed by atoms with Crippen molar-refractivity contribution in [3.63, 3.8) is 0 Å². The van der Waals surface area contributed by atoms with Crippen LogP contribution in [0.25, 0.3) is 0 Å². The number of benzene rings is 1.